The molecule has 16 heteroatoms. The molecule has 4 aromatic rings. The number of aromatic nitrogens is 5. The third-order valence-corrected chi connectivity index (χ3v) is 10.8. The van der Waals surface area contributed by atoms with Crippen LogP contribution in [0.3, 0.4) is 0 Å². The van der Waals surface area contributed by atoms with Crippen molar-refractivity contribution in [3.8, 4) is 11.1 Å². The molecule has 1 saturated carbocycles. The minimum atomic E-state index is -1.33. The first-order chi connectivity index (χ1) is 23.5. The number of benzene rings is 1. The Morgan fingerprint density at radius 2 is 1.82 bits per heavy atom. The van der Waals surface area contributed by atoms with Gasteiger partial charge in [-0.15, -0.1) is 10.2 Å². The topological polar surface area (TPSA) is 150 Å². The summed E-state index contributed by atoms with van der Waals surface area (Å²) in [5, 5.41) is 21.1. The number of carbonyl (C=O) groups is 2. The van der Waals surface area contributed by atoms with Crippen LogP contribution in [0.4, 0.5) is 22.9 Å². The van der Waals surface area contributed by atoms with Crippen LogP contribution >= 0.6 is 0 Å². The number of nitrogens with zero attached hydrogens (tertiary/aromatic N) is 7. The van der Waals surface area contributed by atoms with E-state index in [1.807, 2.05) is 37.2 Å². The van der Waals surface area contributed by atoms with Crippen molar-refractivity contribution in [1.82, 2.24) is 35.2 Å². The van der Waals surface area contributed by atoms with E-state index in [2.05, 4.69) is 53.7 Å². The molecule has 4 radical (unpaired) electrons. The summed E-state index contributed by atoms with van der Waals surface area (Å²) in [5.74, 6) is 0.221. The molecule has 248 valence electrons. The quantitative estimate of drug-likeness (QED) is 0.215. The van der Waals surface area contributed by atoms with Crippen molar-refractivity contribution in [2.24, 2.45) is 5.92 Å². The third-order valence-electron chi connectivity index (χ3n) is 9.56. The highest BCUT2D eigenvalue weighted by Gasteiger charge is 2.42. The Bertz CT molecular complexity index is 1980. The van der Waals surface area contributed by atoms with E-state index in [0.29, 0.717) is 35.2 Å². The van der Waals surface area contributed by atoms with Crippen LogP contribution in [0.25, 0.3) is 11.1 Å². The van der Waals surface area contributed by atoms with Gasteiger partial charge in [-0.25, -0.2) is 4.98 Å². The molecule has 2 unspecified atom stereocenters. The van der Waals surface area contributed by atoms with Gasteiger partial charge >= 0.3 is 0 Å². The smallest absolute Gasteiger partial charge is 0.273 e. The molecule has 2 aliphatic heterocycles. The van der Waals surface area contributed by atoms with E-state index in [9.17, 15) is 13.8 Å². The number of anilines is 4. The molecule has 0 spiro atoms. The Morgan fingerprint density at radius 3 is 2.53 bits per heavy atom. The molecule has 1 aliphatic carbocycles. The first-order valence-electron chi connectivity index (χ1n) is 16.3. The Balaban J connectivity index is 1.16. The number of likely N-dealkylation sites (tertiary alicyclic amines) is 1. The van der Waals surface area contributed by atoms with Crippen LogP contribution in [0.5, 0.6) is 0 Å². The van der Waals surface area contributed by atoms with Gasteiger partial charge in [0.25, 0.3) is 5.91 Å². The van der Waals surface area contributed by atoms with E-state index in [0.717, 1.165) is 41.0 Å². The predicted molar refractivity (Wildman–Crippen MR) is 190 cm³/mol. The van der Waals surface area contributed by atoms with Gasteiger partial charge in [-0.3, -0.25) is 18.5 Å². The molecule has 1 aromatic carbocycles. The van der Waals surface area contributed by atoms with Crippen LogP contribution in [0.1, 0.15) is 60.6 Å². The fraction of sp³-hybridized carbons (Fsp3) is 0.394. The van der Waals surface area contributed by atoms with Gasteiger partial charge in [-0.1, -0.05) is 25.1 Å². The van der Waals surface area contributed by atoms with Crippen LogP contribution in [-0.4, -0.2) is 94.5 Å². The number of fused-ring (bicyclic) bond motifs is 3. The fourth-order valence-electron chi connectivity index (χ4n) is 6.45. The number of rotatable bonds is 10. The van der Waals surface area contributed by atoms with Gasteiger partial charge in [0.15, 0.2) is 11.5 Å². The van der Waals surface area contributed by atoms with Gasteiger partial charge in [0.2, 0.25) is 5.91 Å². The lowest BCUT2D eigenvalue weighted by Crippen LogP contribution is -2.60. The maximum Gasteiger partial charge on any atom is 0.273 e. The summed E-state index contributed by atoms with van der Waals surface area (Å²) < 4.78 is 14.4. The molecular formula is C33H36B2N10O3S. The number of carbonyl (C=O) groups excluding carboxylic acids is 2. The zero-order chi connectivity index (χ0) is 34.6. The molecule has 2 amide bonds. The maximum atomic E-state index is 12.8. The lowest BCUT2D eigenvalue weighted by Gasteiger charge is -2.50. The van der Waals surface area contributed by atoms with E-state index in [1.165, 1.54) is 7.05 Å². The molecule has 3 aliphatic rings. The predicted octanol–water partition coefficient (Wildman–Crippen LogP) is 2.83. The molecule has 7 rings (SSSR count). The van der Waals surface area contributed by atoms with E-state index in [-0.39, 0.29) is 35.4 Å². The molecule has 49 heavy (non-hydrogen) atoms. The van der Waals surface area contributed by atoms with Crippen molar-refractivity contribution in [3.63, 3.8) is 0 Å². The van der Waals surface area contributed by atoms with Crippen LogP contribution in [0, 0.1) is 5.92 Å². The van der Waals surface area contributed by atoms with Gasteiger partial charge in [0.05, 0.1) is 67.5 Å². The monoisotopic (exact) mass is 674 g/mol. The molecule has 5 heterocycles. The molecule has 2 fully saturated rings. The molecule has 3 N–H and O–H groups in total. The molecule has 0 bridgehead atoms. The Kier molecular flexibility index (Phi) is 8.55. The van der Waals surface area contributed by atoms with Crippen LogP contribution in [0.2, 0.25) is 0 Å². The van der Waals surface area contributed by atoms with Crippen molar-refractivity contribution < 1.29 is 13.8 Å². The SMILES string of the molecule is [B]C([B])(c1cccc(S(=O)CC)n1)N1CC(n2ncc3c2C(C)N(C)c2c(Nc4cc(NC(=O)C5CC5)nnc4C(=O)NC)cccc2-3)C1. The van der Waals surface area contributed by atoms with E-state index in [4.69, 9.17) is 20.8 Å². The zero-order valence-electron chi connectivity index (χ0n) is 27.8. The van der Waals surface area contributed by atoms with Gasteiger partial charge in [0, 0.05) is 61.7 Å². The molecule has 1 saturated heterocycles. The van der Waals surface area contributed by atoms with Crippen molar-refractivity contribution in [1.29, 1.82) is 0 Å². The Morgan fingerprint density at radius 1 is 1.06 bits per heavy atom. The fourth-order valence-corrected chi connectivity index (χ4v) is 7.17. The van der Waals surface area contributed by atoms with Crippen molar-refractivity contribution in [3.05, 3.63) is 65.7 Å². The van der Waals surface area contributed by atoms with Gasteiger partial charge < -0.3 is 25.8 Å². The minimum absolute atomic E-state index is 0.00736. The average molecular weight is 674 g/mol. The number of hydrogen-bond acceptors (Lipinski definition) is 10. The summed E-state index contributed by atoms with van der Waals surface area (Å²) in [4.78, 5) is 33.9. The lowest BCUT2D eigenvalue weighted by atomic mass is 9.57. The van der Waals surface area contributed by atoms with Gasteiger partial charge in [0.1, 0.15) is 5.03 Å². The molecule has 3 aromatic heterocycles. The summed E-state index contributed by atoms with van der Waals surface area (Å²) in [6, 6.07) is 12.8. The summed E-state index contributed by atoms with van der Waals surface area (Å²) >= 11 is 0. The first kappa shape index (κ1) is 33.0. The van der Waals surface area contributed by atoms with Gasteiger partial charge in [-0.05, 0) is 43.3 Å². The molecular weight excluding hydrogens is 638 g/mol. The van der Waals surface area contributed by atoms with E-state index in [1.54, 1.807) is 24.3 Å². The van der Waals surface area contributed by atoms with Crippen LogP contribution in [-0.2, 0) is 20.9 Å². The maximum absolute atomic E-state index is 12.8. The molecule has 13 nitrogen and oxygen atoms in total. The Labute approximate surface area is 289 Å². The van der Waals surface area contributed by atoms with E-state index < -0.39 is 22.0 Å². The minimum Gasteiger partial charge on any atom is -0.364 e. The second-order valence-electron chi connectivity index (χ2n) is 12.7. The number of nitrogens with one attached hydrogen (secondary N) is 3. The van der Waals surface area contributed by atoms with Crippen molar-refractivity contribution in [2.45, 2.75) is 49.1 Å². The first-order valence-corrected chi connectivity index (χ1v) is 17.6. The molecule has 2 atom stereocenters. The number of pyridine rings is 1. The number of amides is 2. The van der Waals surface area contributed by atoms with Crippen molar-refractivity contribution >= 4 is 61.2 Å². The highest BCUT2D eigenvalue weighted by atomic mass is 32.2. The summed E-state index contributed by atoms with van der Waals surface area (Å²) in [5.41, 5.74) is 5.72. The average Bonchev–Trinajstić information content (AvgIpc) is 3.85. The highest BCUT2D eigenvalue weighted by molar-refractivity contribution is 7.84. The number of para-hydroxylation sites is 1. The lowest BCUT2D eigenvalue weighted by molar-refractivity contribution is -0.117. The van der Waals surface area contributed by atoms with Gasteiger partial charge in [-0.2, -0.15) is 5.10 Å². The van der Waals surface area contributed by atoms with E-state index >= 15 is 0 Å². The van der Waals surface area contributed by atoms with Crippen molar-refractivity contribution in [2.75, 3.05) is 48.5 Å². The van der Waals surface area contributed by atoms with Crippen LogP contribution in [0.15, 0.2) is 53.7 Å². The zero-order valence-corrected chi connectivity index (χ0v) is 28.6. The normalized spacial score (nSPS) is 18.2. The summed E-state index contributed by atoms with van der Waals surface area (Å²) in [7, 11) is 15.6. The largest absolute Gasteiger partial charge is 0.364 e. The number of hydrogen-bond donors (Lipinski definition) is 3. The second-order valence-corrected chi connectivity index (χ2v) is 14.4. The van der Waals surface area contributed by atoms with Crippen LogP contribution < -0.4 is 20.9 Å². The highest BCUT2D eigenvalue weighted by Crippen LogP contribution is 2.49. The second kappa shape index (κ2) is 12.7. The summed E-state index contributed by atoms with van der Waals surface area (Å²) in [6.07, 6.45) is 3.60. The standard InChI is InChI=1S/C33H36B2N10O3S/c1-5-49(48)27-11-7-10-25(39-27)33(34,35)44-16-20(17-44)45-29-18(2)43(4)30-21(22(29)15-37-45)8-6-9-23(30)38-24-14-26(40-31(46)19-12-13-19)41-42-28(24)32(47)36-3/h6-11,14-15,18-20H,5,12-13,16-17H2,1-4H3,(H,36,47)(H2,38,40,41,46). The third kappa shape index (κ3) is 5.90. The summed E-state index contributed by atoms with van der Waals surface area (Å²) in [6.45, 7) is 5.09. The Hall–Kier alpha value is -4.56.